The summed E-state index contributed by atoms with van der Waals surface area (Å²) in [6.45, 7) is 0.266. The van der Waals surface area contributed by atoms with Gasteiger partial charge < -0.3 is 5.32 Å². The number of amides is 1. The summed E-state index contributed by atoms with van der Waals surface area (Å²) in [6, 6.07) is 15.0. The molecule has 2 aromatic heterocycles. The Kier molecular flexibility index (Phi) is 5.46. The average molecular weight is 382 g/mol. The predicted molar refractivity (Wildman–Crippen MR) is 102 cm³/mol. The highest BCUT2D eigenvalue weighted by atomic mass is 32.2. The number of rotatable bonds is 6. The van der Waals surface area contributed by atoms with Crippen LogP contribution in [0.2, 0.25) is 0 Å². The molecule has 0 radical (unpaired) electrons. The van der Waals surface area contributed by atoms with E-state index in [0.717, 1.165) is 10.00 Å². The van der Waals surface area contributed by atoms with Crippen LogP contribution < -0.4 is 9.62 Å². The molecule has 0 aliphatic rings. The number of aromatic nitrogens is 2. The van der Waals surface area contributed by atoms with Gasteiger partial charge in [-0.15, -0.1) is 0 Å². The Hall–Kier alpha value is -3.26. The van der Waals surface area contributed by atoms with Crippen LogP contribution in [0.1, 0.15) is 16.1 Å². The van der Waals surface area contributed by atoms with E-state index < -0.39 is 10.0 Å². The van der Waals surface area contributed by atoms with Gasteiger partial charge in [-0.05, 0) is 30.3 Å². The fourth-order valence-corrected chi connectivity index (χ4v) is 3.58. The van der Waals surface area contributed by atoms with Gasteiger partial charge >= 0.3 is 0 Å². The van der Waals surface area contributed by atoms with E-state index in [9.17, 15) is 13.2 Å². The Morgan fingerprint density at radius 2 is 1.81 bits per heavy atom. The summed E-state index contributed by atoms with van der Waals surface area (Å²) in [5.74, 6) is -0.361. The highest BCUT2D eigenvalue weighted by Crippen LogP contribution is 2.21. The molecule has 0 atom stereocenters. The van der Waals surface area contributed by atoms with Crippen LogP contribution in [0.25, 0.3) is 0 Å². The van der Waals surface area contributed by atoms with Gasteiger partial charge in [0, 0.05) is 19.4 Å². The normalized spacial score (nSPS) is 11.0. The maximum absolute atomic E-state index is 12.7. The summed E-state index contributed by atoms with van der Waals surface area (Å²) in [7, 11) is -2.31. The van der Waals surface area contributed by atoms with E-state index in [2.05, 4.69) is 15.3 Å². The smallest absolute Gasteiger partial charge is 0.264 e. The van der Waals surface area contributed by atoms with Crippen LogP contribution in [0.5, 0.6) is 0 Å². The fourth-order valence-electron chi connectivity index (χ4n) is 2.39. The topological polar surface area (TPSA) is 92.3 Å². The highest BCUT2D eigenvalue weighted by molar-refractivity contribution is 7.92. The summed E-state index contributed by atoms with van der Waals surface area (Å²) < 4.78 is 26.5. The molecule has 0 saturated heterocycles. The first-order valence-electron chi connectivity index (χ1n) is 8.15. The molecule has 2 heterocycles. The number of nitrogens with one attached hydrogen (secondary N) is 1. The summed E-state index contributed by atoms with van der Waals surface area (Å²) >= 11 is 0. The monoisotopic (exact) mass is 382 g/mol. The van der Waals surface area contributed by atoms with Crippen molar-refractivity contribution in [1.82, 2.24) is 15.3 Å². The second kappa shape index (κ2) is 7.96. The van der Waals surface area contributed by atoms with Gasteiger partial charge in [-0.3, -0.25) is 19.1 Å². The van der Waals surface area contributed by atoms with Gasteiger partial charge in [0.1, 0.15) is 0 Å². The van der Waals surface area contributed by atoms with E-state index in [-0.39, 0.29) is 22.9 Å². The lowest BCUT2D eigenvalue weighted by atomic mass is 10.2. The molecular formula is C19H18N4O3S. The molecule has 7 nitrogen and oxygen atoms in total. The average Bonchev–Trinajstić information content (AvgIpc) is 2.73. The van der Waals surface area contributed by atoms with Crippen molar-refractivity contribution < 1.29 is 13.2 Å². The Balaban J connectivity index is 1.77. The minimum atomic E-state index is -3.74. The largest absolute Gasteiger partial charge is 0.346 e. The first-order chi connectivity index (χ1) is 13.0. The van der Waals surface area contributed by atoms with Crippen molar-refractivity contribution in [2.75, 3.05) is 11.4 Å². The lowest BCUT2D eigenvalue weighted by molar-refractivity contribution is 0.0950. The lowest BCUT2D eigenvalue weighted by Crippen LogP contribution is -2.28. The summed E-state index contributed by atoms with van der Waals surface area (Å²) in [5, 5.41) is 2.74. The SMILES string of the molecule is CN(c1cncc(C(=O)NCc2ccccn2)c1)S(=O)(=O)c1ccccc1. The first-order valence-corrected chi connectivity index (χ1v) is 9.59. The number of carbonyl (C=O) groups is 1. The second-order valence-corrected chi connectivity index (χ2v) is 7.69. The van der Waals surface area contributed by atoms with Crippen LogP contribution in [0, 0.1) is 0 Å². The molecule has 0 fully saturated rings. The molecule has 27 heavy (non-hydrogen) atoms. The van der Waals surface area contributed by atoms with E-state index in [1.165, 1.54) is 37.6 Å². The maximum atomic E-state index is 12.7. The number of hydrogen-bond donors (Lipinski definition) is 1. The van der Waals surface area contributed by atoms with Crippen LogP contribution in [-0.2, 0) is 16.6 Å². The number of carbonyl (C=O) groups excluding carboxylic acids is 1. The van der Waals surface area contributed by atoms with Gasteiger partial charge in [-0.25, -0.2) is 8.42 Å². The Morgan fingerprint density at radius 1 is 1.07 bits per heavy atom. The minimum Gasteiger partial charge on any atom is -0.346 e. The standard InChI is InChI=1S/C19H18N4O3S/c1-23(27(25,26)18-8-3-2-4-9-18)17-11-15(12-20-14-17)19(24)22-13-16-7-5-6-10-21-16/h2-12,14H,13H2,1H3,(H,22,24). The van der Waals surface area contributed by atoms with Gasteiger partial charge in [-0.1, -0.05) is 24.3 Å². The number of anilines is 1. The van der Waals surface area contributed by atoms with Gasteiger partial charge in [0.25, 0.3) is 15.9 Å². The molecule has 3 rings (SSSR count). The van der Waals surface area contributed by atoms with Gasteiger partial charge in [0.05, 0.1) is 34.6 Å². The molecular weight excluding hydrogens is 364 g/mol. The van der Waals surface area contributed by atoms with Crippen molar-refractivity contribution in [1.29, 1.82) is 0 Å². The molecule has 0 saturated carbocycles. The molecule has 0 bridgehead atoms. The van der Waals surface area contributed by atoms with E-state index in [1.807, 2.05) is 6.07 Å². The van der Waals surface area contributed by atoms with Crippen molar-refractivity contribution in [2.24, 2.45) is 0 Å². The van der Waals surface area contributed by atoms with Crippen LogP contribution >= 0.6 is 0 Å². The molecule has 0 aliphatic carbocycles. The number of nitrogens with zero attached hydrogens (tertiary/aromatic N) is 3. The molecule has 0 aliphatic heterocycles. The predicted octanol–water partition coefficient (Wildman–Crippen LogP) is 2.23. The molecule has 1 aromatic carbocycles. The van der Waals surface area contributed by atoms with Crippen LogP contribution in [0.3, 0.4) is 0 Å². The van der Waals surface area contributed by atoms with Crippen molar-refractivity contribution in [3.63, 3.8) is 0 Å². The first kappa shape index (κ1) is 18.5. The van der Waals surface area contributed by atoms with Crippen molar-refractivity contribution in [2.45, 2.75) is 11.4 Å². The van der Waals surface area contributed by atoms with Gasteiger partial charge in [0.15, 0.2) is 0 Å². The highest BCUT2D eigenvalue weighted by Gasteiger charge is 2.22. The third kappa shape index (κ3) is 4.29. The van der Waals surface area contributed by atoms with E-state index >= 15 is 0 Å². The lowest BCUT2D eigenvalue weighted by Gasteiger charge is -2.19. The molecule has 3 aromatic rings. The van der Waals surface area contributed by atoms with Gasteiger partial charge in [-0.2, -0.15) is 0 Å². The molecule has 0 spiro atoms. The molecule has 8 heteroatoms. The third-order valence-electron chi connectivity index (χ3n) is 3.91. The molecule has 0 unspecified atom stereocenters. The van der Waals surface area contributed by atoms with Crippen molar-refractivity contribution >= 4 is 21.6 Å². The Bertz CT molecular complexity index is 1030. The second-order valence-electron chi connectivity index (χ2n) is 5.72. The van der Waals surface area contributed by atoms with Crippen molar-refractivity contribution in [3.8, 4) is 0 Å². The quantitative estimate of drug-likeness (QED) is 0.706. The Labute approximate surface area is 157 Å². The molecule has 1 amide bonds. The maximum Gasteiger partial charge on any atom is 0.264 e. The third-order valence-corrected chi connectivity index (χ3v) is 5.71. The zero-order chi connectivity index (χ0) is 19.3. The van der Waals surface area contributed by atoms with E-state index in [4.69, 9.17) is 0 Å². The molecule has 138 valence electrons. The fraction of sp³-hybridized carbons (Fsp3) is 0.105. The zero-order valence-corrected chi connectivity index (χ0v) is 15.4. The number of benzene rings is 1. The minimum absolute atomic E-state index is 0.164. The van der Waals surface area contributed by atoms with Crippen LogP contribution in [0.15, 0.2) is 78.1 Å². The summed E-state index contributed by atoms with van der Waals surface area (Å²) in [6.07, 6.45) is 4.43. The van der Waals surface area contributed by atoms with Crippen LogP contribution in [0.4, 0.5) is 5.69 Å². The number of hydrogen-bond acceptors (Lipinski definition) is 5. The zero-order valence-electron chi connectivity index (χ0n) is 14.6. The van der Waals surface area contributed by atoms with Crippen LogP contribution in [-0.4, -0.2) is 31.3 Å². The number of pyridine rings is 2. The summed E-state index contributed by atoms with van der Waals surface area (Å²) in [4.78, 5) is 20.7. The number of sulfonamides is 1. The van der Waals surface area contributed by atoms with E-state index in [0.29, 0.717) is 5.69 Å². The van der Waals surface area contributed by atoms with Gasteiger partial charge in [0.2, 0.25) is 0 Å². The molecule has 1 N–H and O–H groups in total. The van der Waals surface area contributed by atoms with E-state index in [1.54, 1.807) is 36.5 Å². The van der Waals surface area contributed by atoms with Crippen molar-refractivity contribution in [3.05, 3.63) is 84.4 Å². The summed E-state index contributed by atoms with van der Waals surface area (Å²) in [5.41, 5.74) is 1.28. The Morgan fingerprint density at radius 3 is 2.52 bits per heavy atom.